The number of nitrogens with one attached hydrogen (secondary N) is 2. The van der Waals surface area contributed by atoms with E-state index in [1.807, 2.05) is 18.2 Å². The van der Waals surface area contributed by atoms with E-state index in [-0.39, 0.29) is 23.2 Å². The number of carbonyl (C=O) groups excluding carboxylic acids is 1. The molecule has 168 valence electrons. The summed E-state index contributed by atoms with van der Waals surface area (Å²) in [7, 11) is 1.58. The van der Waals surface area contributed by atoms with Gasteiger partial charge in [-0.15, -0.1) is 0 Å². The van der Waals surface area contributed by atoms with Crippen LogP contribution in [0.3, 0.4) is 0 Å². The van der Waals surface area contributed by atoms with E-state index in [2.05, 4.69) is 40.6 Å². The van der Waals surface area contributed by atoms with E-state index in [9.17, 15) is 4.79 Å². The Hall–Kier alpha value is -4.27. The standard InChI is InChI=1S/C24H26N8O/c1-24(2,3)32-19-8-6-13(15-11-29-23(27)30-12-15)10-18(19)31-21(32)17-9-14(20(25)26)5-7-16(17)22(33)28-4/h5-12H,1-4H3,(H3,25,26)(H,28,33)(H2,27,29,30). The first kappa shape index (κ1) is 21.9. The Morgan fingerprint density at radius 3 is 2.36 bits per heavy atom. The van der Waals surface area contributed by atoms with Crippen LogP contribution < -0.4 is 16.8 Å². The number of anilines is 1. The fourth-order valence-electron chi connectivity index (χ4n) is 3.84. The number of amidine groups is 1. The predicted octanol–water partition coefficient (Wildman–Crippen LogP) is 3.14. The second kappa shape index (κ2) is 8.01. The first-order chi connectivity index (χ1) is 15.6. The maximum Gasteiger partial charge on any atom is 0.251 e. The van der Waals surface area contributed by atoms with E-state index >= 15 is 0 Å². The molecule has 0 aliphatic rings. The van der Waals surface area contributed by atoms with Crippen molar-refractivity contribution in [2.45, 2.75) is 26.3 Å². The second-order valence-corrected chi connectivity index (χ2v) is 8.73. The average molecular weight is 443 g/mol. The molecule has 0 radical (unpaired) electrons. The van der Waals surface area contributed by atoms with Gasteiger partial charge < -0.3 is 21.4 Å². The van der Waals surface area contributed by atoms with Crippen molar-refractivity contribution in [1.82, 2.24) is 24.8 Å². The van der Waals surface area contributed by atoms with Crippen molar-refractivity contribution in [3.63, 3.8) is 0 Å². The zero-order valence-corrected chi connectivity index (χ0v) is 19.0. The average Bonchev–Trinajstić information content (AvgIpc) is 3.17. The minimum atomic E-state index is -0.345. The van der Waals surface area contributed by atoms with E-state index in [1.165, 1.54) is 0 Å². The number of imidazole rings is 1. The molecule has 9 nitrogen and oxygen atoms in total. The van der Waals surface area contributed by atoms with Crippen LogP contribution in [0.15, 0.2) is 48.8 Å². The lowest BCUT2D eigenvalue weighted by Crippen LogP contribution is -2.24. The molecular weight excluding hydrogens is 416 g/mol. The van der Waals surface area contributed by atoms with Gasteiger partial charge in [0, 0.05) is 41.7 Å². The fourth-order valence-corrected chi connectivity index (χ4v) is 3.84. The predicted molar refractivity (Wildman–Crippen MR) is 130 cm³/mol. The van der Waals surface area contributed by atoms with Crippen molar-refractivity contribution in [3.05, 3.63) is 59.9 Å². The largest absolute Gasteiger partial charge is 0.384 e. The molecule has 0 saturated heterocycles. The van der Waals surface area contributed by atoms with Gasteiger partial charge in [0.15, 0.2) is 0 Å². The second-order valence-electron chi connectivity index (χ2n) is 8.73. The number of nitrogen functional groups attached to an aromatic ring is 2. The highest BCUT2D eigenvalue weighted by Gasteiger charge is 2.26. The summed E-state index contributed by atoms with van der Waals surface area (Å²) in [6.45, 7) is 6.23. The van der Waals surface area contributed by atoms with Gasteiger partial charge >= 0.3 is 0 Å². The van der Waals surface area contributed by atoms with Gasteiger partial charge in [-0.1, -0.05) is 12.1 Å². The summed E-state index contributed by atoms with van der Waals surface area (Å²) < 4.78 is 2.09. The van der Waals surface area contributed by atoms with Crippen LogP contribution in [0.4, 0.5) is 5.95 Å². The van der Waals surface area contributed by atoms with Crippen molar-refractivity contribution in [2.24, 2.45) is 5.73 Å². The topological polar surface area (TPSA) is 149 Å². The Morgan fingerprint density at radius 1 is 1.06 bits per heavy atom. The summed E-state index contributed by atoms with van der Waals surface area (Å²) in [5.74, 6) is 0.507. The Kier molecular flexibility index (Phi) is 5.33. The lowest BCUT2D eigenvalue weighted by atomic mass is 10.00. The highest BCUT2D eigenvalue weighted by atomic mass is 16.1. The molecule has 33 heavy (non-hydrogen) atoms. The molecule has 0 atom stereocenters. The van der Waals surface area contributed by atoms with Gasteiger partial charge in [-0.05, 0) is 50.6 Å². The Balaban J connectivity index is 2.01. The van der Waals surface area contributed by atoms with E-state index in [0.717, 1.165) is 22.2 Å². The highest BCUT2D eigenvalue weighted by Crippen LogP contribution is 2.35. The summed E-state index contributed by atoms with van der Waals surface area (Å²) in [6.07, 6.45) is 3.34. The smallest absolute Gasteiger partial charge is 0.251 e. The first-order valence-corrected chi connectivity index (χ1v) is 10.4. The van der Waals surface area contributed by atoms with Crippen molar-refractivity contribution in [1.29, 1.82) is 5.41 Å². The molecule has 9 heteroatoms. The normalized spacial score (nSPS) is 11.5. The summed E-state index contributed by atoms with van der Waals surface area (Å²) in [4.78, 5) is 25.8. The van der Waals surface area contributed by atoms with Crippen LogP contribution in [0.5, 0.6) is 0 Å². The molecule has 0 aliphatic heterocycles. The highest BCUT2D eigenvalue weighted by molar-refractivity contribution is 6.04. The first-order valence-electron chi connectivity index (χ1n) is 10.4. The van der Waals surface area contributed by atoms with Crippen LogP contribution in [-0.4, -0.2) is 38.3 Å². The van der Waals surface area contributed by atoms with Gasteiger partial charge in [0.25, 0.3) is 5.91 Å². The molecular formula is C24H26N8O. The molecule has 0 unspecified atom stereocenters. The number of nitrogens with zero attached hydrogens (tertiary/aromatic N) is 4. The maximum absolute atomic E-state index is 12.7. The van der Waals surface area contributed by atoms with Gasteiger partial charge in [0.05, 0.1) is 16.6 Å². The Labute approximate surface area is 191 Å². The summed E-state index contributed by atoms with van der Waals surface area (Å²) in [5.41, 5.74) is 16.0. The zero-order valence-electron chi connectivity index (χ0n) is 19.0. The van der Waals surface area contributed by atoms with E-state index < -0.39 is 0 Å². The molecule has 4 rings (SSSR count). The summed E-state index contributed by atoms with van der Waals surface area (Å²) >= 11 is 0. The number of rotatable bonds is 4. The number of fused-ring (bicyclic) bond motifs is 1. The van der Waals surface area contributed by atoms with Gasteiger partial charge in [-0.3, -0.25) is 10.2 Å². The molecule has 6 N–H and O–H groups in total. The number of carbonyl (C=O) groups is 1. The van der Waals surface area contributed by atoms with Crippen LogP contribution >= 0.6 is 0 Å². The van der Waals surface area contributed by atoms with Crippen LogP contribution in [0, 0.1) is 5.41 Å². The van der Waals surface area contributed by atoms with Gasteiger partial charge in [-0.2, -0.15) is 0 Å². The van der Waals surface area contributed by atoms with Crippen molar-refractivity contribution in [3.8, 4) is 22.5 Å². The Morgan fingerprint density at radius 2 is 1.76 bits per heavy atom. The summed E-state index contributed by atoms with van der Waals surface area (Å²) in [5, 5.41) is 10.6. The molecule has 0 fully saturated rings. The van der Waals surface area contributed by atoms with Crippen LogP contribution in [0.1, 0.15) is 36.7 Å². The lowest BCUT2D eigenvalue weighted by Gasteiger charge is -2.25. The van der Waals surface area contributed by atoms with Crippen molar-refractivity contribution < 1.29 is 4.79 Å². The number of benzene rings is 2. The van der Waals surface area contributed by atoms with Crippen molar-refractivity contribution in [2.75, 3.05) is 12.8 Å². The molecule has 1 amide bonds. The number of hydrogen-bond donors (Lipinski definition) is 4. The van der Waals surface area contributed by atoms with E-state index in [0.29, 0.717) is 22.5 Å². The molecule has 0 bridgehead atoms. The van der Waals surface area contributed by atoms with Gasteiger partial charge in [-0.25, -0.2) is 15.0 Å². The molecule has 2 heterocycles. The molecule has 0 spiro atoms. The third-order valence-corrected chi connectivity index (χ3v) is 5.37. The Bertz CT molecular complexity index is 1380. The number of hydrogen-bond acceptors (Lipinski definition) is 6. The third-order valence-electron chi connectivity index (χ3n) is 5.37. The monoisotopic (exact) mass is 442 g/mol. The van der Waals surface area contributed by atoms with Gasteiger partial charge in [0.1, 0.15) is 11.7 Å². The molecule has 0 aliphatic carbocycles. The minimum Gasteiger partial charge on any atom is -0.384 e. The molecule has 2 aromatic carbocycles. The number of amides is 1. The van der Waals surface area contributed by atoms with Gasteiger partial charge in [0.2, 0.25) is 5.95 Å². The zero-order chi connectivity index (χ0) is 23.9. The summed E-state index contributed by atoms with van der Waals surface area (Å²) in [6, 6.07) is 11.0. The van der Waals surface area contributed by atoms with Crippen LogP contribution in [0.25, 0.3) is 33.5 Å². The lowest BCUT2D eigenvalue weighted by molar-refractivity contribution is 0.0963. The molecule has 4 aromatic rings. The third kappa shape index (κ3) is 4.00. The molecule has 0 saturated carbocycles. The quantitative estimate of drug-likeness (QED) is 0.282. The fraction of sp³-hybridized carbons (Fsp3) is 0.208. The minimum absolute atomic E-state index is 0.0798. The van der Waals surface area contributed by atoms with Crippen LogP contribution in [-0.2, 0) is 5.54 Å². The van der Waals surface area contributed by atoms with E-state index in [1.54, 1.807) is 37.6 Å². The van der Waals surface area contributed by atoms with Crippen LogP contribution in [0.2, 0.25) is 0 Å². The maximum atomic E-state index is 12.7. The van der Waals surface area contributed by atoms with E-state index in [4.69, 9.17) is 21.9 Å². The number of nitrogens with two attached hydrogens (primary N) is 2. The van der Waals surface area contributed by atoms with Crippen molar-refractivity contribution >= 4 is 28.7 Å². The molecule has 2 aromatic heterocycles. The SMILES string of the molecule is CNC(=O)c1ccc(C(=N)N)cc1-c1nc2cc(-c3cnc(N)nc3)ccc2n1C(C)(C)C. The number of aromatic nitrogens is 4.